The average molecular weight is 436 g/mol. The van der Waals surface area contributed by atoms with E-state index >= 15 is 0 Å². The highest BCUT2D eigenvalue weighted by Crippen LogP contribution is 2.45. The molecule has 0 radical (unpaired) electrons. The Kier molecular flexibility index (Phi) is 7.41. The third-order valence-electron chi connectivity index (χ3n) is 5.26. The minimum Gasteiger partial charge on any atom is -0.381 e. The second kappa shape index (κ2) is 8.85. The molecule has 2 saturated heterocycles. The van der Waals surface area contributed by atoms with E-state index < -0.39 is 0 Å². The second-order valence-electron chi connectivity index (χ2n) is 7.50. The molecule has 5 nitrogen and oxygen atoms in total. The largest absolute Gasteiger partial charge is 0.381 e. The molecule has 0 spiro atoms. The van der Waals surface area contributed by atoms with Gasteiger partial charge in [0.2, 0.25) is 0 Å². The summed E-state index contributed by atoms with van der Waals surface area (Å²) in [5, 5.41) is 3.48. The molecule has 1 unspecified atom stereocenters. The van der Waals surface area contributed by atoms with Crippen LogP contribution in [0.15, 0.2) is 4.99 Å². The van der Waals surface area contributed by atoms with Crippen LogP contribution in [0.3, 0.4) is 0 Å². The van der Waals surface area contributed by atoms with E-state index in [1.54, 1.807) is 0 Å². The number of nitrogens with one attached hydrogen (secondary N) is 1. The molecular weight excluding hydrogens is 403 g/mol. The second-order valence-corrected chi connectivity index (χ2v) is 7.50. The lowest BCUT2D eigenvalue weighted by Gasteiger charge is -2.37. The molecule has 0 aromatic heterocycles. The molecular formula is C17H33IN4O. The van der Waals surface area contributed by atoms with Gasteiger partial charge in [-0.1, -0.05) is 6.92 Å². The number of ether oxygens (including phenoxy) is 1. The van der Waals surface area contributed by atoms with E-state index in [-0.39, 0.29) is 24.0 Å². The third-order valence-corrected chi connectivity index (χ3v) is 5.26. The van der Waals surface area contributed by atoms with Gasteiger partial charge in [0.05, 0.1) is 6.61 Å². The lowest BCUT2D eigenvalue weighted by atomic mass is 10.1. The molecule has 134 valence electrons. The maximum absolute atomic E-state index is 5.49. The Balaban J connectivity index is 0.00000192. The first-order chi connectivity index (χ1) is 10.7. The number of guanidine groups is 1. The van der Waals surface area contributed by atoms with Gasteiger partial charge in [0.25, 0.3) is 0 Å². The van der Waals surface area contributed by atoms with Crippen LogP contribution in [-0.2, 0) is 4.74 Å². The van der Waals surface area contributed by atoms with Gasteiger partial charge in [-0.15, -0.1) is 24.0 Å². The molecule has 3 rings (SSSR count). The summed E-state index contributed by atoms with van der Waals surface area (Å²) in [4.78, 5) is 9.93. The van der Waals surface area contributed by atoms with E-state index in [1.165, 1.54) is 25.8 Å². The van der Waals surface area contributed by atoms with Gasteiger partial charge in [-0.3, -0.25) is 9.89 Å². The van der Waals surface area contributed by atoms with Crippen LogP contribution in [-0.4, -0.2) is 74.8 Å². The Hall–Kier alpha value is -0.0800. The monoisotopic (exact) mass is 436 g/mol. The maximum Gasteiger partial charge on any atom is 0.194 e. The minimum atomic E-state index is 0. The molecule has 2 aliphatic heterocycles. The van der Waals surface area contributed by atoms with Crippen molar-refractivity contribution in [1.29, 1.82) is 0 Å². The summed E-state index contributed by atoms with van der Waals surface area (Å²) in [5.74, 6) is 1.88. The number of nitrogens with zero attached hydrogens (tertiary/aromatic N) is 3. The zero-order chi connectivity index (χ0) is 15.4. The molecule has 0 amide bonds. The first kappa shape index (κ1) is 19.2. The highest BCUT2D eigenvalue weighted by atomic mass is 127. The first-order valence-corrected chi connectivity index (χ1v) is 9.02. The molecule has 1 saturated carbocycles. The fourth-order valence-corrected chi connectivity index (χ4v) is 3.30. The molecule has 0 aromatic rings. The van der Waals surface area contributed by atoms with E-state index in [9.17, 15) is 0 Å². The van der Waals surface area contributed by atoms with Gasteiger partial charge in [0.15, 0.2) is 5.96 Å². The number of halogens is 1. The zero-order valence-corrected chi connectivity index (χ0v) is 17.1. The molecule has 2 heterocycles. The van der Waals surface area contributed by atoms with Crippen molar-refractivity contribution >= 4 is 29.9 Å². The van der Waals surface area contributed by atoms with Crippen molar-refractivity contribution in [2.75, 3.05) is 59.0 Å². The number of hydrogen-bond donors (Lipinski definition) is 1. The van der Waals surface area contributed by atoms with Gasteiger partial charge >= 0.3 is 0 Å². The topological polar surface area (TPSA) is 40.1 Å². The zero-order valence-electron chi connectivity index (χ0n) is 14.7. The summed E-state index contributed by atoms with van der Waals surface area (Å²) < 4.78 is 5.49. The normalized spacial score (nSPS) is 27.7. The molecule has 0 bridgehead atoms. The summed E-state index contributed by atoms with van der Waals surface area (Å²) in [7, 11) is 0. The van der Waals surface area contributed by atoms with Crippen LogP contribution in [0, 0.1) is 11.3 Å². The molecule has 1 N–H and O–H groups in total. The molecule has 1 aliphatic carbocycles. The van der Waals surface area contributed by atoms with Crippen molar-refractivity contribution in [2.45, 2.75) is 33.1 Å². The van der Waals surface area contributed by atoms with Crippen molar-refractivity contribution in [2.24, 2.45) is 16.3 Å². The number of hydrogen-bond acceptors (Lipinski definition) is 3. The summed E-state index contributed by atoms with van der Waals surface area (Å²) >= 11 is 0. The van der Waals surface area contributed by atoms with E-state index in [0.29, 0.717) is 5.41 Å². The van der Waals surface area contributed by atoms with E-state index in [4.69, 9.17) is 9.73 Å². The van der Waals surface area contributed by atoms with Gasteiger partial charge in [-0.05, 0) is 37.5 Å². The number of piperazine rings is 1. The Morgan fingerprint density at radius 3 is 2.57 bits per heavy atom. The van der Waals surface area contributed by atoms with Gasteiger partial charge < -0.3 is 15.0 Å². The van der Waals surface area contributed by atoms with Crippen molar-refractivity contribution in [1.82, 2.24) is 15.1 Å². The van der Waals surface area contributed by atoms with Crippen LogP contribution in [0.5, 0.6) is 0 Å². The molecule has 6 heteroatoms. The SMILES string of the molecule is CCNC(=NCC1(C)CC1)N1CCN(CC2CCOC2)CC1.I. The number of aliphatic imine (C=N–C) groups is 1. The predicted molar refractivity (Wildman–Crippen MR) is 106 cm³/mol. The highest BCUT2D eigenvalue weighted by Gasteiger charge is 2.37. The van der Waals surface area contributed by atoms with E-state index in [2.05, 4.69) is 29.0 Å². The van der Waals surface area contributed by atoms with Crippen LogP contribution in [0.25, 0.3) is 0 Å². The fourth-order valence-electron chi connectivity index (χ4n) is 3.30. The Labute approximate surface area is 158 Å². The molecule has 3 aliphatic rings. The predicted octanol–water partition coefficient (Wildman–Crippen LogP) is 2.02. The van der Waals surface area contributed by atoms with E-state index in [0.717, 1.165) is 64.4 Å². The smallest absolute Gasteiger partial charge is 0.194 e. The average Bonchev–Trinajstić information content (AvgIpc) is 3.04. The van der Waals surface area contributed by atoms with Gasteiger partial charge in [0, 0.05) is 52.4 Å². The summed E-state index contributed by atoms with van der Waals surface area (Å²) in [6.45, 7) is 14.1. The van der Waals surface area contributed by atoms with E-state index in [1.807, 2.05) is 0 Å². The van der Waals surface area contributed by atoms with Crippen LogP contribution in [0.1, 0.15) is 33.1 Å². The van der Waals surface area contributed by atoms with Crippen molar-refractivity contribution in [3.8, 4) is 0 Å². The van der Waals surface area contributed by atoms with Crippen LogP contribution < -0.4 is 5.32 Å². The van der Waals surface area contributed by atoms with Gasteiger partial charge in [-0.25, -0.2) is 0 Å². The highest BCUT2D eigenvalue weighted by molar-refractivity contribution is 14.0. The van der Waals surface area contributed by atoms with Crippen LogP contribution in [0.4, 0.5) is 0 Å². The quantitative estimate of drug-likeness (QED) is 0.407. The molecule has 1 atom stereocenters. The standard InChI is InChI=1S/C17H32N4O.HI/c1-3-18-16(19-14-17(2)5-6-17)21-9-7-20(8-10-21)12-15-4-11-22-13-15;/h15H,3-14H2,1-2H3,(H,18,19);1H. The first-order valence-electron chi connectivity index (χ1n) is 9.02. The Morgan fingerprint density at radius 2 is 2.00 bits per heavy atom. The Morgan fingerprint density at radius 1 is 1.26 bits per heavy atom. The Bertz CT molecular complexity index is 386. The third kappa shape index (κ3) is 5.74. The summed E-state index contributed by atoms with van der Waals surface area (Å²) in [5.41, 5.74) is 0.491. The summed E-state index contributed by atoms with van der Waals surface area (Å²) in [6.07, 6.45) is 3.92. The van der Waals surface area contributed by atoms with Crippen LogP contribution in [0.2, 0.25) is 0 Å². The lowest BCUT2D eigenvalue weighted by molar-refractivity contribution is 0.139. The van der Waals surface area contributed by atoms with Crippen molar-refractivity contribution in [3.05, 3.63) is 0 Å². The summed E-state index contributed by atoms with van der Waals surface area (Å²) in [6, 6.07) is 0. The van der Waals surface area contributed by atoms with Crippen molar-refractivity contribution in [3.63, 3.8) is 0 Å². The number of rotatable bonds is 5. The molecule has 3 fully saturated rings. The fraction of sp³-hybridized carbons (Fsp3) is 0.941. The van der Waals surface area contributed by atoms with Gasteiger partial charge in [-0.2, -0.15) is 0 Å². The minimum absolute atomic E-state index is 0. The lowest BCUT2D eigenvalue weighted by Crippen LogP contribution is -2.53. The van der Waals surface area contributed by atoms with Gasteiger partial charge in [0.1, 0.15) is 0 Å². The maximum atomic E-state index is 5.49. The molecule has 0 aromatic carbocycles. The van der Waals surface area contributed by atoms with Crippen molar-refractivity contribution < 1.29 is 4.74 Å². The van der Waals surface area contributed by atoms with Crippen LogP contribution >= 0.6 is 24.0 Å². The molecule has 23 heavy (non-hydrogen) atoms.